The van der Waals surface area contributed by atoms with Gasteiger partial charge in [-0.1, -0.05) is 29.8 Å². The van der Waals surface area contributed by atoms with Gasteiger partial charge in [-0.3, -0.25) is 4.79 Å². The van der Waals surface area contributed by atoms with Gasteiger partial charge >= 0.3 is 0 Å². The summed E-state index contributed by atoms with van der Waals surface area (Å²) in [5.74, 6) is -0.144. The van der Waals surface area contributed by atoms with E-state index in [1.54, 1.807) is 13.1 Å². The first-order valence-corrected chi connectivity index (χ1v) is 6.33. The van der Waals surface area contributed by atoms with E-state index >= 15 is 0 Å². The second-order valence-electron chi connectivity index (χ2n) is 4.77. The van der Waals surface area contributed by atoms with E-state index in [9.17, 15) is 4.79 Å². The van der Waals surface area contributed by atoms with E-state index in [-0.39, 0.29) is 5.91 Å². The molecule has 19 heavy (non-hydrogen) atoms. The highest BCUT2D eigenvalue weighted by atomic mass is 16.1. The zero-order chi connectivity index (χ0) is 13.8. The maximum atomic E-state index is 11.7. The highest BCUT2D eigenvalue weighted by molar-refractivity contribution is 5.92. The van der Waals surface area contributed by atoms with Crippen molar-refractivity contribution in [2.24, 2.45) is 0 Å². The molecule has 2 rings (SSSR count). The van der Waals surface area contributed by atoms with Crippen LogP contribution in [0, 0.1) is 13.8 Å². The second kappa shape index (κ2) is 5.65. The van der Waals surface area contributed by atoms with Gasteiger partial charge in [0.05, 0.1) is 0 Å². The molecular formula is C16H18N2O. The van der Waals surface area contributed by atoms with Gasteiger partial charge in [0.15, 0.2) is 0 Å². The first-order chi connectivity index (χ1) is 9.08. The lowest BCUT2D eigenvalue weighted by molar-refractivity contribution is 0.0958. The number of pyridine rings is 1. The highest BCUT2D eigenvalue weighted by Gasteiger charge is 2.08. The number of hydrogen-bond acceptors (Lipinski definition) is 2. The van der Waals surface area contributed by atoms with Crippen LogP contribution < -0.4 is 5.32 Å². The molecule has 0 fully saturated rings. The number of nitrogens with zero attached hydrogens (tertiary/aromatic N) is 1. The fourth-order valence-electron chi connectivity index (χ4n) is 2.11. The minimum absolute atomic E-state index is 0.144. The zero-order valence-electron chi connectivity index (χ0n) is 11.5. The van der Waals surface area contributed by atoms with Crippen molar-refractivity contribution < 1.29 is 4.79 Å². The fourth-order valence-corrected chi connectivity index (χ4v) is 2.11. The molecule has 0 aliphatic heterocycles. The number of aryl methyl sites for hydroxylation is 2. The largest absolute Gasteiger partial charge is 0.354 e. The third-order valence-electron chi connectivity index (χ3n) is 2.95. The van der Waals surface area contributed by atoms with Crippen LogP contribution in [0.3, 0.4) is 0 Å². The van der Waals surface area contributed by atoms with Gasteiger partial charge in [0.25, 0.3) is 5.91 Å². The van der Waals surface area contributed by atoms with Crippen molar-refractivity contribution in [2.75, 3.05) is 7.05 Å². The lowest BCUT2D eigenvalue weighted by Gasteiger charge is -2.07. The standard InChI is InChI=1S/C16H18N2O/c1-11-5-4-6-13(7-11)10-14-8-12(2)9-15(18-14)16(19)17-3/h4-9H,10H2,1-3H3,(H,17,19). The predicted molar refractivity (Wildman–Crippen MR) is 76.3 cm³/mol. The minimum Gasteiger partial charge on any atom is -0.354 e. The fraction of sp³-hybridized carbons (Fsp3) is 0.250. The van der Waals surface area contributed by atoms with Crippen molar-refractivity contribution in [3.63, 3.8) is 0 Å². The summed E-state index contributed by atoms with van der Waals surface area (Å²) < 4.78 is 0. The zero-order valence-corrected chi connectivity index (χ0v) is 11.5. The lowest BCUT2D eigenvalue weighted by atomic mass is 10.1. The first kappa shape index (κ1) is 13.3. The Labute approximate surface area is 113 Å². The maximum Gasteiger partial charge on any atom is 0.269 e. The third kappa shape index (κ3) is 3.41. The summed E-state index contributed by atoms with van der Waals surface area (Å²) in [6.07, 6.45) is 0.743. The monoisotopic (exact) mass is 254 g/mol. The number of nitrogens with one attached hydrogen (secondary N) is 1. The minimum atomic E-state index is -0.144. The molecule has 1 heterocycles. The van der Waals surface area contributed by atoms with Gasteiger partial charge in [0.2, 0.25) is 0 Å². The van der Waals surface area contributed by atoms with Gasteiger partial charge in [0.1, 0.15) is 5.69 Å². The first-order valence-electron chi connectivity index (χ1n) is 6.33. The van der Waals surface area contributed by atoms with E-state index < -0.39 is 0 Å². The van der Waals surface area contributed by atoms with Crippen LogP contribution in [0.4, 0.5) is 0 Å². The molecule has 0 aliphatic carbocycles. The van der Waals surface area contributed by atoms with Crippen molar-refractivity contribution in [1.82, 2.24) is 10.3 Å². The summed E-state index contributed by atoms with van der Waals surface area (Å²) in [5.41, 5.74) is 4.89. The molecule has 1 aromatic heterocycles. The molecule has 98 valence electrons. The number of amides is 1. The van der Waals surface area contributed by atoms with Gasteiger partial charge in [-0.05, 0) is 37.1 Å². The van der Waals surface area contributed by atoms with Crippen LogP contribution in [0.25, 0.3) is 0 Å². The summed E-state index contributed by atoms with van der Waals surface area (Å²) in [6, 6.07) is 12.2. The second-order valence-corrected chi connectivity index (χ2v) is 4.77. The molecule has 1 amide bonds. The van der Waals surface area contributed by atoms with Crippen LogP contribution in [0.2, 0.25) is 0 Å². The number of rotatable bonds is 3. The molecule has 3 heteroatoms. The normalized spacial score (nSPS) is 10.3. The third-order valence-corrected chi connectivity index (χ3v) is 2.95. The van der Waals surface area contributed by atoms with Crippen LogP contribution >= 0.6 is 0 Å². The molecule has 3 nitrogen and oxygen atoms in total. The molecule has 0 radical (unpaired) electrons. The molecular weight excluding hydrogens is 236 g/mol. The van der Waals surface area contributed by atoms with E-state index in [2.05, 4.69) is 35.4 Å². The number of benzene rings is 1. The van der Waals surface area contributed by atoms with Gasteiger partial charge in [0, 0.05) is 19.2 Å². The topological polar surface area (TPSA) is 42.0 Å². The van der Waals surface area contributed by atoms with Crippen molar-refractivity contribution in [2.45, 2.75) is 20.3 Å². The average Bonchev–Trinajstić information content (AvgIpc) is 2.37. The van der Waals surface area contributed by atoms with Crippen LogP contribution in [-0.2, 0) is 6.42 Å². The lowest BCUT2D eigenvalue weighted by Crippen LogP contribution is -2.20. The summed E-state index contributed by atoms with van der Waals surface area (Å²) in [4.78, 5) is 16.1. The number of aromatic nitrogens is 1. The van der Waals surface area contributed by atoms with Crippen molar-refractivity contribution >= 4 is 5.91 Å². The quantitative estimate of drug-likeness (QED) is 0.915. The van der Waals surface area contributed by atoms with Crippen LogP contribution in [-0.4, -0.2) is 17.9 Å². The van der Waals surface area contributed by atoms with E-state index in [1.165, 1.54) is 11.1 Å². The SMILES string of the molecule is CNC(=O)c1cc(C)cc(Cc2cccc(C)c2)n1. The van der Waals surface area contributed by atoms with E-state index in [1.807, 2.05) is 19.1 Å². The Morgan fingerprint density at radius 3 is 2.63 bits per heavy atom. The number of carbonyl (C=O) groups is 1. The van der Waals surface area contributed by atoms with Crippen molar-refractivity contribution in [3.8, 4) is 0 Å². The molecule has 0 aliphatic rings. The summed E-state index contributed by atoms with van der Waals surface area (Å²) in [5, 5.41) is 2.61. The average molecular weight is 254 g/mol. The predicted octanol–water partition coefficient (Wildman–Crippen LogP) is 2.65. The van der Waals surface area contributed by atoms with Gasteiger partial charge in [-0.15, -0.1) is 0 Å². The molecule has 0 unspecified atom stereocenters. The Balaban J connectivity index is 2.30. The number of hydrogen-bond donors (Lipinski definition) is 1. The maximum absolute atomic E-state index is 11.7. The smallest absolute Gasteiger partial charge is 0.269 e. The molecule has 0 saturated heterocycles. The molecule has 2 aromatic rings. The Kier molecular flexibility index (Phi) is 3.95. The van der Waals surface area contributed by atoms with E-state index in [0.717, 1.165) is 17.7 Å². The summed E-state index contributed by atoms with van der Waals surface area (Å²) in [6.45, 7) is 4.05. The molecule has 0 saturated carbocycles. The van der Waals surface area contributed by atoms with Gasteiger partial charge in [-0.25, -0.2) is 4.98 Å². The van der Waals surface area contributed by atoms with Crippen molar-refractivity contribution in [1.29, 1.82) is 0 Å². The molecule has 1 aromatic carbocycles. The molecule has 0 bridgehead atoms. The highest BCUT2D eigenvalue weighted by Crippen LogP contribution is 2.12. The Morgan fingerprint density at radius 2 is 1.95 bits per heavy atom. The Bertz CT molecular complexity index is 605. The molecule has 1 N–H and O–H groups in total. The van der Waals surface area contributed by atoms with Gasteiger partial charge in [-0.2, -0.15) is 0 Å². The van der Waals surface area contributed by atoms with Gasteiger partial charge < -0.3 is 5.32 Å². The van der Waals surface area contributed by atoms with Crippen LogP contribution in [0.15, 0.2) is 36.4 Å². The Morgan fingerprint density at radius 1 is 1.16 bits per heavy atom. The van der Waals surface area contributed by atoms with Crippen LogP contribution in [0.1, 0.15) is 32.9 Å². The Hall–Kier alpha value is -2.16. The van der Waals surface area contributed by atoms with Crippen molar-refractivity contribution in [3.05, 3.63) is 64.5 Å². The molecule has 0 atom stereocenters. The van der Waals surface area contributed by atoms with Crippen LogP contribution in [0.5, 0.6) is 0 Å². The van der Waals surface area contributed by atoms with E-state index in [0.29, 0.717) is 5.69 Å². The molecule has 0 spiro atoms. The summed E-state index contributed by atoms with van der Waals surface area (Å²) in [7, 11) is 1.62. The number of carbonyl (C=O) groups excluding carboxylic acids is 1. The van der Waals surface area contributed by atoms with E-state index in [4.69, 9.17) is 0 Å². The summed E-state index contributed by atoms with van der Waals surface area (Å²) >= 11 is 0.